The third-order valence-electron chi connectivity index (χ3n) is 9.09. The number of aliphatic hydroxyl groups excluding tert-OH is 1. The van der Waals surface area contributed by atoms with Crippen LogP contribution in [0.25, 0.3) is 11.1 Å². The Balaban J connectivity index is 1.07. The Bertz CT molecular complexity index is 2020. The van der Waals surface area contributed by atoms with E-state index in [1.807, 2.05) is 42.5 Å². The molecular formula is C41H37N3O5. The minimum atomic E-state index is -0.649. The summed E-state index contributed by atoms with van der Waals surface area (Å²) in [5, 5.41) is 15.2. The van der Waals surface area contributed by atoms with Crippen LogP contribution in [0.4, 0.5) is 11.4 Å². The average Bonchev–Trinajstić information content (AvgIpc) is 3.53. The Morgan fingerprint density at radius 3 is 2.31 bits per heavy atom. The highest BCUT2D eigenvalue weighted by molar-refractivity contribution is 6.05. The summed E-state index contributed by atoms with van der Waals surface area (Å²) < 4.78 is 12.4. The number of carbonyl (C=O) groups excluding carboxylic acids is 2. The standard InChI is InChI=1S/C41H37N3O5/c42-36-10-3-4-11-37(36)44-40(46)29-18-16-26(17-19-29)23-43-41(47)38-21-31(22-39(49-38)48-25-28-14-12-27(24-45)13-15-28)33-8-5-9-34-32-7-2-1-6-30(32)20-35(33)34/h1-19,21,31,39,45H,20,22-25,42H2,(H,43,47)(H,44,46). The molecule has 0 spiro atoms. The SMILES string of the molecule is Nc1ccccc1NC(=O)c1ccc(CNC(=O)C2=CC(c3cccc4c3Cc3ccccc3-4)CC(OCc3ccc(CO)cc3)O2)cc1. The first-order valence-corrected chi connectivity index (χ1v) is 16.4. The molecule has 0 radical (unpaired) electrons. The molecule has 7 rings (SSSR count). The molecule has 2 atom stereocenters. The van der Waals surface area contributed by atoms with Crippen molar-refractivity contribution in [3.63, 3.8) is 0 Å². The summed E-state index contributed by atoms with van der Waals surface area (Å²) in [4.78, 5) is 26.4. The predicted octanol–water partition coefficient (Wildman–Crippen LogP) is 6.83. The minimum Gasteiger partial charge on any atom is -0.459 e. The second kappa shape index (κ2) is 14.2. The maximum absolute atomic E-state index is 13.6. The second-order valence-electron chi connectivity index (χ2n) is 12.3. The van der Waals surface area contributed by atoms with Gasteiger partial charge in [0.05, 0.1) is 24.6 Å². The first-order valence-electron chi connectivity index (χ1n) is 16.4. The zero-order valence-electron chi connectivity index (χ0n) is 26.9. The third kappa shape index (κ3) is 7.11. The molecule has 8 heteroatoms. The van der Waals surface area contributed by atoms with E-state index >= 15 is 0 Å². The van der Waals surface area contributed by atoms with E-state index in [-0.39, 0.29) is 36.6 Å². The van der Waals surface area contributed by atoms with Crippen molar-refractivity contribution >= 4 is 23.2 Å². The van der Waals surface area contributed by atoms with Crippen LogP contribution in [0, 0.1) is 0 Å². The Labute approximate surface area is 285 Å². The van der Waals surface area contributed by atoms with Gasteiger partial charge in [-0.15, -0.1) is 0 Å². The number of allylic oxidation sites excluding steroid dienone is 1. The van der Waals surface area contributed by atoms with E-state index in [0.717, 1.165) is 28.7 Å². The van der Waals surface area contributed by atoms with Gasteiger partial charge in [0.2, 0.25) is 6.29 Å². The Morgan fingerprint density at radius 1 is 0.796 bits per heavy atom. The fourth-order valence-corrected chi connectivity index (χ4v) is 6.44. The van der Waals surface area contributed by atoms with Crippen molar-refractivity contribution in [1.29, 1.82) is 0 Å². The second-order valence-corrected chi connectivity index (χ2v) is 12.3. The van der Waals surface area contributed by atoms with Gasteiger partial charge in [-0.2, -0.15) is 0 Å². The predicted molar refractivity (Wildman–Crippen MR) is 189 cm³/mol. The molecule has 0 saturated carbocycles. The van der Waals surface area contributed by atoms with Crippen molar-refractivity contribution in [2.45, 2.75) is 44.8 Å². The molecule has 8 nitrogen and oxygen atoms in total. The van der Waals surface area contributed by atoms with Gasteiger partial charge in [-0.05, 0) is 81.3 Å². The normalized spacial score (nSPS) is 16.1. The number of hydrogen-bond acceptors (Lipinski definition) is 6. The third-order valence-corrected chi connectivity index (χ3v) is 9.09. The first-order chi connectivity index (χ1) is 23.9. The highest BCUT2D eigenvalue weighted by Crippen LogP contribution is 2.43. The number of fused-ring (bicyclic) bond motifs is 3. The topological polar surface area (TPSA) is 123 Å². The first kappa shape index (κ1) is 31.9. The maximum Gasteiger partial charge on any atom is 0.286 e. The summed E-state index contributed by atoms with van der Waals surface area (Å²) in [5.74, 6) is -0.507. The van der Waals surface area contributed by atoms with Crippen molar-refractivity contribution in [2.24, 2.45) is 0 Å². The summed E-state index contributed by atoms with van der Waals surface area (Å²) in [6.45, 7) is 0.524. The van der Waals surface area contributed by atoms with Gasteiger partial charge in [0.1, 0.15) is 0 Å². The summed E-state index contributed by atoms with van der Waals surface area (Å²) >= 11 is 0. The number of benzene rings is 5. The molecule has 5 aromatic carbocycles. The van der Waals surface area contributed by atoms with E-state index < -0.39 is 6.29 Å². The molecule has 2 amide bonds. The van der Waals surface area contributed by atoms with Gasteiger partial charge in [0.15, 0.2) is 5.76 Å². The van der Waals surface area contributed by atoms with Crippen LogP contribution in [-0.4, -0.2) is 23.2 Å². The van der Waals surface area contributed by atoms with Crippen LogP contribution in [0.15, 0.2) is 127 Å². The van der Waals surface area contributed by atoms with Crippen molar-refractivity contribution in [3.8, 4) is 11.1 Å². The lowest BCUT2D eigenvalue weighted by atomic mass is 9.87. The zero-order chi connectivity index (χ0) is 33.7. The van der Waals surface area contributed by atoms with Crippen LogP contribution in [-0.2, 0) is 40.4 Å². The molecule has 1 heterocycles. The summed E-state index contributed by atoms with van der Waals surface area (Å²) in [7, 11) is 0. The molecular weight excluding hydrogens is 614 g/mol. The van der Waals surface area contributed by atoms with Gasteiger partial charge in [-0.1, -0.05) is 91.0 Å². The Hall–Kier alpha value is -5.70. The largest absolute Gasteiger partial charge is 0.459 e. The summed E-state index contributed by atoms with van der Waals surface area (Å²) in [6, 6.07) is 36.6. The maximum atomic E-state index is 13.6. The van der Waals surface area contributed by atoms with E-state index in [9.17, 15) is 14.7 Å². The molecule has 0 aromatic heterocycles. The number of aliphatic hydroxyl groups is 1. The summed E-state index contributed by atoms with van der Waals surface area (Å²) in [6.07, 6.45) is 2.65. The van der Waals surface area contributed by atoms with Crippen molar-refractivity contribution in [1.82, 2.24) is 5.32 Å². The highest BCUT2D eigenvalue weighted by Gasteiger charge is 2.32. The lowest BCUT2D eigenvalue weighted by Gasteiger charge is -2.30. The van der Waals surface area contributed by atoms with Crippen LogP contribution in [0.2, 0.25) is 0 Å². The number of nitrogens with two attached hydrogens (primary N) is 1. The number of nitrogen functional groups attached to an aromatic ring is 1. The molecule has 0 saturated heterocycles. The number of para-hydroxylation sites is 2. The summed E-state index contributed by atoms with van der Waals surface area (Å²) in [5.41, 5.74) is 16.3. The minimum absolute atomic E-state index is 0.0215. The quantitative estimate of drug-likeness (QED) is 0.121. The van der Waals surface area contributed by atoms with Crippen molar-refractivity contribution < 1.29 is 24.2 Å². The van der Waals surface area contributed by atoms with E-state index in [1.54, 1.807) is 36.4 Å². The highest BCUT2D eigenvalue weighted by atomic mass is 16.7. The fourth-order valence-electron chi connectivity index (χ4n) is 6.44. The van der Waals surface area contributed by atoms with Gasteiger partial charge < -0.3 is 30.9 Å². The Morgan fingerprint density at radius 2 is 1.51 bits per heavy atom. The van der Waals surface area contributed by atoms with Gasteiger partial charge in [0.25, 0.3) is 11.8 Å². The zero-order valence-corrected chi connectivity index (χ0v) is 26.9. The molecule has 0 fully saturated rings. The molecule has 0 bridgehead atoms. The van der Waals surface area contributed by atoms with Crippen LogP contribution in [0.3, 0.4) is 0 Å². The molecule has 5 N–H and O–H groups in total. The van der Waals surface area contributed by atoms with Gasteiger partial charge in [-0.3, -0.25) is 9.59 Å². The van der Waals surface area contributed by atoms with E-state index in [2.05, 4.69) is 53.1 Å². The number of hydrogen-bond donors (Lipinski definition) is 4. The molecule has 49 heavy (non-hydrogen) atoms. The molecule has 1 aliphatic heterocycles. The Kier molecular flexibility index (Phi) is 9.23. The monoisotopic (exact) mass is 651 g/mol. The molecule has 2 unspecified atom stereocenters. The molecule has 2 aliphatic rings. The molecule has 5 aromatic rings. The number of amides is 2. The fraction of sp³-hybridized carbons (Fsp3) is 0.171. The van der Waals surface area contributed by atoms with E-state index in [0.29, 0.717) is 30.0 Å². The van der Waals surface area contributed by atoms with E-state index in [4.69, 9.17) is 15.2 Å². The lowest BCUT2D eigenvalue weighted by Crippen LogP contribution is -2.32. The van der Waals surface area contributed by atoms with Crippen molar-refractivity contribution in [2.75, 3.05) is 11.1 Å². The number of anilines is 2. The van der Waals surface area contributed by atoms with Crippen LogP contribution in [0.1, 0.15) is 56.1 Å². The average molecular weight is 652 g/mol. The van der Waals surface area contributed by atoms with Gasteiger partial charge in [-0.25, -0.2) is 0 Å². The number of ether oxygens (including phenoxy) is 2. The smallest absolute Gasteiger partial charge is 0.286 e. The van der Waals surface area contributed by atoms with Crippen LogP contribution >= 0.6 is 0 Å². The molecule has 1 aliphatic carbocycles. The van der Waals surface area contributed by atoms with Crippen LogP contribution < -0.4 is 16.4 Å². The van der Waals surface area contributed by atoms with Crippen LogP contribution in [0.5, 0.6) is 0 Å². The van der Waals surface area contributed by atoms with Gasteiger partial charge in [0, 0.05) is 24.4 Å². The number of rotatable bonds is 10. The van der Waals surface area contributed by atoms with Gasteiger partial charge >= 0.3 is 0 Å². The molecule has 246 valence electrons. The number of carbonyl (C=O) groups is 2. The lowest BCUT2D eigenvalue weighted by molar-refractivity contribution is -0.150. The number of nitrogens with one attached hydrogen (secondary N) is 2. The van der Waals surface area contributed by atoms with Crippen molar-refractivity contribution in [3.05, 3.63) is 166 Å². The van der Waals surface area contributed by atoms with E-state index in [1.165, 1.54) is 22.3 Å².